The Balaban J connectivity index is 1.84. The zero-order chi connectivity index (χ0) is 15.0. The van der Waals surface area contributed by atoms with Gasteiger partial charge < -0.3 is 4.90 Å². The van der Waals surface area contributed by atoms with E-state index in [4.69, 9.17) is 0 Å². The zero-order valence-electron chi connectivity index (χ0n) is 12.9. The minimum atomic E-state index is 0.231. The molecule has 3 rings (SSSR count). The van der Waals surface area contributed by atoms with Gasteiger partial charge in [-0.15, -0.1) is 0 Å². The fraction of sp³-hybridized carbons (Fsp3) is 0.611. The number of carbonyl (C=O) groups is 1. The fourth-order valence-corrected chi connectivity index (χ4v) is 4.36. The van der Waals surface area contributed by atoms with E-state index in [0.29, 0.717) is 12.0 Å². The van der Waals surface area contributed by atoms with Crippen LogP contribution >= 0.6 is 15.9 Å². The Morgan fingerprint density at radius 1 is 1.24 bits per heavy atom. The molecule has 0 N–H and O–H groups in total. The van der Waals surface area contributed by atoms with E-state index >= 15 is 0 Å². The van der Waals surface area contributed by atoms with Gasteiger partial charge in [-0.1, -0.05) is 35.7 Å². The molecule has 1 aliphatic carbocycles. The molecule has 1 saturated carbocycles. The van der Waals surface area contributed by atoms with Gasteiger partial charge in [0, 0.05) is 22.6 Å². The standard InChI is InChI=1S/C18H24BrNO/c1-12-9-10-20(17-6-4-3-5-15(12)17)18(21)14-7-8-16(19)13(2)11-14/h7-8,11-12,15,17H,3-6,9-10H2,1-2H3. The minimum absolute atomic E-state index is 0.231. The first-order valence-corrected chi connectivity index (χ1v) is 8.94. The molecular weight excluding hydrogens is 326 g/mol. The van der Waals surface area contributed by atoms with Crippen LogP contribution in [0, 0.1) is 18.8 Å². The molecule has 114 valence electrons. The summed E-state index contributed by atoms with van der Waals surface area (Å²) in [7, 11) is 0. The van der Waals surface area contributed by atoms with E-state index in [1.807, 2.05) is 25.1 Å². The maximum atomic E-state index is 12.9. The van der Waals surface area contributed by atoms with Crippen LogP contribution in [0.25, 0.3) is 0 Å². The number of piperidine rings is 1. The number of benzene rings is 1. The molecule has 1 aromatic carbocycles. The number of fused-ring (bicyclic) bond motifs is 1. The molecule has 3 unspecified atom stereocenters. The van der Waals surface area contributed by atoms with Gasteiger partial charge in [0.05, 0.1) is 0 Å². The average Bonchev–Trinajstić information content (AvgIpc) is 2.50. The smallest absolute Gasteiger partial charge is 0.254 e. The summed E-state index contributed by atoms with van der Waals surface area (Å²) in [6.07, 6.45) is 6.26. The molecular formula is C18H24BrNO. The number of hydrogen-bond donors (Lipinski definition) is 0. The van der Waals surface area contributed by atoms with Crippen LogP contribution < -0.4 is 0 Å². The van der Waals surface area contributed by atoms with Crippen molar-refractivity contribution in [2.75, 3.05) is 6.54 Å². The number of hydrogen-bond acceptors (Lipinski definition) is 1. The van der Waals surface area contributed by atoms with Crippen molar-refractivity contribution in [3.05, 3.63) is 33.8 Å². The summed E-state index contributed by atoms with van der Waals surface area (Å²) in [5.74, 6) is 1.72. The van der Waals surface area contributed by atoms with Crippen molar-refractivity contribution >= 4 is 21.8 Å². The SMILES string of the molecule is Cc1cc(C(=O)N2CCC(C)C3CCCCC32)ccc1Br. The lowest BCUT2D eigenvalue weighted by molar-refractivity contribution is 0.0217. The van der Waals surface area contributed by atoms with Gasteiger partial charge in [0.1, 0.15) is 0 Å². The van der Waals surface area contributed by atoms with Crippen LogP contribution in [0.5, 0.6) is 0 Å². The number of likely N-dealkylation sites (tertiary alicyclic amines) is 1. The Morgan fingerprint density at radius 3 is 2.76 bits per heavy atom. The molecule has 3 heteroatoms. The normalized spacial score (nSPS) is 29.1. The van der Waals surface area contributed by atoms with Crippen molar-refractivity contribution in [1.29, 1.82) is 0 Å². The topological polar surface area (TPSA) is 20.3 Å². The zero-order valence-corrected chi connectivity index (χ0v) is 14.5. The molecule has 0 radical (unpaired) electrons. The van der Waals surface area contributed by atoms with Gasteiger partial charge in [-0.2, -0.15) is 0 Å². The first-order valence-electron chi connectivity index (χ1n) is 8.15. The molecule has 1 aromatic rings. The number of aryl methyl sites for hydroxylation is 1. The summed E-state index contributed by atoms with van der Waals surface area (Å²) in [6.45, 7) is 5.34. The molecule has 2 nitrogen and oxygen atoms in total. The molecule has 1 aliphatic heterocycles. The highest BCUT2D eigenvalue weighted by molar-refractivity contribution is 9.10. The lowest BCUT2D eigenvalue weighted by Gasteiger charge is -2.47. The molecule has 1 saturated heterocycles. The maximum Gasteiger partial charge on any atom is 0.254 e. The second kappa shape index (κ2) is 6.12. The van der Waals surface area contributed by atoms with E-state index in [2.05, 4.69) is 27.8 Å². The van der Waals surface area contributed by atoms with E-state index < -0.39 is 0 Å². The van der Waals surface area contributed by atoms with Crippen molar-refractivity contribution in [3.63, 3.8) is 0 Å². The molecule has 21 heavy (non-hydrogen) atoms. The summed E-state index contributed by atoms with van der Waals surface area (Å²) < 4.78 is 1.07. The Labute approximate surface area is 136 Å². The third-order valence-corrected chi connectivity index (χ3v) is 6.29. The number of halogens is 1. The Bertz CT molecular complexity index is 542. The average molecular weight is 350 g/mol. The van der Waals surface area contributed by atoms with Crippen LogP contribution in [-0.2, 0) is 0 Å². The maximum absolute atomic E-state index is 12.9. The van der Waals surface area contributed by atoms with Crippen molar-refractivity contribution in [1.82, 2.24) is 4.90 Å². The van der Waals surface area contributed by atoms with Gasteiger partial charge in [0.2, 0.25) is 0 Å². The molecule has 2 aliphatic rings. The lowest BCUT2D eigenvalue weighted by atomic mass is 9.72. The monoisotopic (exact) mass is 349 g/mol. The number of amides is 1. The van der Waals surface area contributed by atoms with E-state index in [9.17, 15) is 4.79 Å². The van der Waals surface area contributed by atoms with Gasteiger partial charge >= 0.3 is 0 Å². The minimum Gasteiger partial charge on any atom is -0.335 e. The van der Waals surface area contributed by atoms with Crippen LogP contribution in [0.1, 0.15) is 54.9 Å². The number of carbonyl (C=O) groups excluding carboxylic acids is 1. The molecule has 0 spiro atoms. The van der Waals surface area contributed by atoms with Crippen LogP contribution in [-0.4, -0.2) is 23.4 Å². The predicted molar refractivity (Wildman–Crippen MR) is 89.4 cm³/mol. The van der Waals surface area contributed by atoms with Crippen molar-refractivity contribution < 1.29 is 4.79 Å². The molecule has 1 amide bonds. The molecule has 0 aromatic heterocycles. The third-order valence-electron chi connectivity index (χ3n) is 5.40. The van der Waals surface area contributed by atoms with Crippen LogP contribution in [0.15, 0.2) is 22.7 Å². The van der Waals surface area contributed by atoms with Gasteiger partial charge in [-0.05, 0) is 61.8 Å². The number of nitrogens with zero attached hydrogens (tertiary/aromatic N) is 1. The van der Waals surface area contributed by atoms with Crippen molar-refractivity contribution in [2.24, 2.45) is 11.8 Å². The van der Waals surface area contributed by atoms with Crippen LogP contribution in [0.4, 0.5) is 0 Å². The fourth-order valence-electron chi connectivity index (χ4n) is 4.11. The van der Waals surface area contributed by atoms with Crippen LogP contribution in [0.2, 0.25) is 0 Å². The lowest BCUT2D eigenvalue weighted by Crippen LogP contribution is -2.52. The third kappa shape index (κ3) is 2.90. The molecule has 1 heterocycles. The quantitative estimate of drug-likeness (QED) is 0.713. The molecule has 2 fully saturated rings. The largest absolute Gasteiger partial charge is 0.335 e. The van der Waals surface area contributed by atoms with Gasteiger partial charge in [0.15, 0.2) is 0 Å². The first-order chi connectivity index (χ1) is 10.1. The van der Waals surface area contributed by atoms with Crippen molar-refractivity contribution in [3.8, 4) is 0 Å². The first kappa shape index (κ1) is 15.1. The Hall–Kier alpha value is -0.830. The summed E-state index contributed by atoms with van der Waals surface area (Å²) in [5.41, 5.74) is 1.97. The van der Waals surface area contributed by atoms with E-state index in [1.54, 1.807) is 0 Å². The predicted octanol–water partition coefficient (Wildman–Crippen LogP) is 4.80. The van der Waals surface area contributed by atoms with E-state index in [1.165, 1.54) is 25.7 Å². The van der Waals surface area contributed by atoms with Gasteiger partial charge in [0.25, 0.3) is 5.91 Å². The van der Waals surface area contributed by atoms with Gasteiger partial charge in [-0.25, -0.2) is 0 Å². The highest BCUT2D eigenvalue weighted by Gasteiger charge is 2.39. The van der Waals surface area contributed by atoms with Crippen molar-refractivity contribution in [2.45, 2.75) is 52.0 Å². The summed E-state index contributed by atoms with van der Waals surface area (Å²) in [6, 6.07) is 6.43. The Morgan fingerprint density at radius 2 is 2.00 bits per heavy atom. The molecule has 3 atom stereocenters. The second-order valence-corrected chi connectivity index (χ2v) is 7.60. The van der Waals surface area contributed by atoms with Gasteiger partial charge in [-0.3, -0.25) is 4.79 Å². The summed E-state index contributed by atoms with van der Waals surface area (Å²) >= 11 is 3.51. The van der Waals surface area contributed by atoms with Crippen LogP contribution in [0.3, 0.4) is 0 Å². The summed E-state index contributed by atoms with van der Waals surface area (Å²) in [4.78, 5) is 15.1. The van der Waals surface area contributed by atoms with E-state index in [0.717, 1.165) is 34.5 Å². The number of rotatable bonds is 1. The highest BCUT2D eigenvalue weighted by atomic mass is 79.9. The van der Waals surface area contributed by atoms with E-state index in [-0.39, 0.29) is 5.91 Å². The summed E-state index contributed by atoms with van der Waals surface area (Å²) in [5, 5.41) is 0. The molecule has 0 bridgehead atoms. The second-order valence-electron chi connectivity index (χ2n) is 6.74. The Kier molecular flexibility index (Phi) is 4.39. The highest BCUT2D eigenvalue weighted by Crippen LogP contribution is 2.39.